The van der Waals surface area contributed by atoms with Crippen molar-refractivity contribution in [1.29, 1.82) is 0 Å². The Morgan fingerprint density at radius 2 is 1.79 bits per heavy atom. The molecule has 0 spiro atoms. The van der Waals surface area contributed by atoms with Crippen LogP contribution in [0.4, 0.5) is 4.39 Å². The van der Waals surface area contributed by atoms with Crippen LogP contribution in [0.15, 0.2) is 24.3 Å². The molecular formula is C9H9FO3S. The fraction of sp³-hybridized carbons (Fsp3) is 0.333. The zero-order valence-electron chi connectivity index (χ0n) is 7.31. The quantitative estimate of drug-likeness (QED) is 0.722. The molecule has 1 aliphatic carbocycles. The van der Waals surface area contributed by atoms with Gasteiger partial charge in [-0.2, -0.15) is 8.42 Å². The van der Waals surface area contributed by atoms with Crippen LogP contribution in [0.25, 0.3) is 0 Å². The maximum atomic E-state index is 12.5. The molecule has 0 aromatic heterocycles. The molecule has 5 heteroatoms. The van der Waals surface area contributed by atoms with Crippen LogP contribution in [-0.2, 0) is 10.1 Å². The zero-order valence-corrected chi connectivity index (χ0v) is 8.13. The number of hydrogen-bond donors (Lipinski definition) is 0. The van der Waals surface area contributed by atoms with E-state index < -0.39 is 15.9 Å². The lowest BCUT2D eigenvalue weighted by Gasteiger charge is -2.04. The minimum atomic E-state index is -3.48. The molecule has 0 saturated heterocycles. The van der Waals surface area contributed by atoms with E-state index in [0.29, 0.717) is 12.8 Å². The standard InChI is InChI=1S/C9H9FO3S/c10-7-1-3-8(4-2-7)13-14(11,12)9-5-6-9/h1-4,9H,5-6H2. The van der Waals surface area contributed by atoms with E-state index in [4.69, 9.17) is 4.18 Å². The van der Waals surface area contributed by atoms with Crippen molar-refractivity contribution >= 4 is 10.1 Å². The Hall–Kier alpha value is -1.10. The molecule has 0 bridgehead atoms. The molecule has 1 saturated carbocycles. The molecule has 0 heterocycles. The van der Waals surface area contributed by atoms with Crippen LogP contribution < -0.4 is 4.18 Å². The van der Waals surface area contributed by atoms with Crippen LogP contribution >= 0.6 is 0 Å². The molecule has 2 rings (SSSR count). The molecule has 0 atom stereocenters. The lowest BCUT2D eigenvalue weighted by molar-refractivity contribution is 0.483. The summed E-state index contributed by atoms with van der Waals surface area (Å²) in [5, 5.41) is -0.368. The molecule has 1 aromatic carbocycles. The van der Waals surface area contributed by atoms with Gasteiger partial charge >= 0.3 is 10.1 Å². The van der Waals surface area contributed by atoms with Gasteiger partial charge in [-0.15, -0.1) is 0 Å². The van der Waals surface area contributed by atoms with E-state index in [1.165, 1.54) is 12.1 Å². The highest BCUT2D eigenvalue weighted by atomic mass is 32.2. The van der Waals surface area contributed by atoms with E-state index in [1.807, 2.05) is 0 Å². The van der Waals surface area contributed by atoms with Gasteiger partial charge in [-0.05, 0) is 37.1 Å². The summed E-state index contributed by atoms with van der Waals surface area (Å²) in [4.78, 5) is 0. The number of benzene rings is 1. The molecule has 76 valence electrons. The number of hydrogen-bond acceptors (Lipinski definition) is 3. The summed E-state index contributed by atoms with van der Waals surface area (Å²) in [5.74, 6) is -0.250. The molecule has 1 fully saturated rings. The predicted molar refractivity (Wildman–Crippen MR) is 49.0 cm³/mol. The highest BCUT2D eigenvalue weighted by Gasteiger charge is 2.37. The lowest BCUT2D eigenvalue weighted by Crippen LogP contribution is -2.14. The molecule has 1 aromatic rings. The molecule has 0 N–H and O–H groups in total. The first-order valence-corrected chi connectivity index (χ1v) is 5.74. The molecule has 14 heavy (non-hydrogen) atoms. The van der Waals surface area contributed by atoms with Crippen LogP contribution in [0.1, 0.15) is 12.8 Å². The van der Waals surface area contributed by atoms with Gasteiger partial charge in [0.2, 0.25) is 0 Å². The summed E-state index contributed by atoms with van der Waals surface area (Å²) >= 11 is 0. The third-order valence-corrected chi connectivity index (χ3v) is 3.67. The zero-order chi connectivity index (χ0) is 10.2. The van der Waals surface area contributed by atoms with E-state index in [2.05, 4.69) is 0 Å². The third kappa shape index (κ3) is 2.04. The molecule has 0 amide bonds. The number of rotatable bonds is 3. The van der Waals surface area contributed by atoms with E-state index >= 15 is 0 Å². The molecular weight excluding hydrogens is 207 g/mol. The van der Waals surface area contributed by atoms with Gasteiger partial charge in [-0.3, -0.25) is 0 Å². The maximum Gasteiger partial charge on any atom is 0.312 e. The Bertz CT molecular complexity index is 420. The third-order valence-electron chi connectivity index (χ3n) is 1.96. The minimum absolute atomic E-state index is 0.165. The van der Waals surface area contributed by atoms with Gasteiger partial charge in [0.25, 0.3) is 0 Å². The van der Waals surface area contributed by atoms with Gasteiger partial charge in [0.1, 0.15) is 11.6 Å². The van der Waals surface area contributed by atoms with Gasteiger partial charge in [-0.25, -0.2) is 4.39 Å². The summed E-state index contributed by atoms with van der Waals surface area (Å²) < 4.78 is 39.9. The van der Waals surface area contributed by atoms with Crippen LogP contribution in [0.2, 0.25) is 0 Å². The SMILES string of the molecule is O=S(=O)(Oc1ccc(F)cc1)C1CC1. The molecule has 0 radical (unpaired) electrons. The largest absolute Gasteiger partial charge is 0.382 e. The van der Waals surface area contributed by atoms with Crippen molar-refractivity contribution in [3.8, 4) is 5.75 Å². The minimum Gasteiger partial charge on any atom is -0.382 e. The summed E-state index contributed by atoms with van der Waals surface area (Å²) in [6.45, 7) is 0. The average molecular weight is 216 g/mol. The van der Waals surface area contributed by atoms with E-state index in [-0.39, 0.29) is 11.0 Å². The normalized spacial score (nSPS) is 16.6. The molecule has 1 aliphatic rings. The Balaban J connectivity index is 2.14. The Kier molecular flexibility index (Phi) is 2.19. The van der Waals surface area contributed by atoms with Crippen molar-refractivity contribution in [3.63, 3.8) is 0 Å². The van der Waals surface area contributed by atoms with Gasteiger partial charge in [0.15, 0.2) is 0 Å². The van der Waals surface area contributed by atoms with Gasteiger partial charge in [0, 0.05) is 0 Å². The van der Waals surface area contributed by atoms with Crippen LogP contribution in [0.3, 0.4) is 0 Å². The van der Waals surface area contributed by atoms with Crippen LogP contribution in [-0.4, -0.2) is 13.7 Å². The van der Waals surface area contributed by atoms with Crippen molar-refractivity contribution < 1.29 is 17.0 Å². The predicted octanol–water partition coefficient (Wildman–Crippen LogP) is 1.70. The van der Waals surface area contributed by atoms with E-state index in [1.54, 1.807) is 0 Å². The highest BCUT2D eigenvalue weighted by Crippen LogP contribution is 2.30. The average Bonchev–Trinajstić information content (AvgIpc) is 2.91. The summed E-state index contributed by atoms with van der Waals surface area (Å²) in [5.41, 5.74) is 0. The first kappa shape index (κ1) is 9.45. The summed E-state index contributed by atoms with van der Waals surface area (Å²) in [6, 6.07) is 4.93. The van der Waals surface area contributed by atoms with Crippen LogP contribution in [0.5, 0.6) is 5.75 Å². The second-order valence-corrected chi connectivity index (χ2v) is 5.05. The smallest absolute Gasteiger partial charge is 0.312 e. The number of halogens is 1. The molecule has 0 unspecified atom stereocenters. The second kappa shape index (κ2) is 3.24. The molecule has 3 nitrogen and oxygen atoms in total. The second-order valence-electron chi connectivity index (χ2n) is 3.23. The van der Waals surface area contributed by atoms with E-state index in [9.17, 15) is 12.8 Å². The van der Waals surface area contributed by atoms with E-state index in [0.717, 1.165) is 12.1 Å². The van der Waals surface area contributed by atoms with Crippen molar-refractivity contribution in [1.82, 2.24) is 0 Å². The Labute approximate surface area is 81.6 Å². The summed E-state index contributed by atoms with van der Waals surface area (Å²) in [6.07, 6.45) is 1.31. The van der Waals surface area contributed by atoms with Crippen molar-refractivity contribution in [2.75, 3.05) is 0 Å². The topological polar surface area (TPSA) is 43.4 Å². The Morgan fingerprint density at radius 1 is 1.21 bits per heavy atom. The fourth-order valence-electron chi connectivity index (χ4n) is 1.05. The first-order valence-electron chi connectivity index (χ1n) is 4.27. The molecule has 0 aliphatic heterocycles. The highest BCUT2D eigenvalue weighted by molar-refractivity contribution is 7.88. The first-order chi connectivity index (χ1) is 6.58. The summed E-state index contributed by atoms with van der Waals surface area (Å²) in [7, 11) is -3.48. The fourth-order valence-corrected chi connectivity index (χ4v) is 2.28. The van der Waals surface area contributed by atoms with Crippen molar-refractivity contribution in [3.05, 3.63) is 30.1 Å². The van der Waals surface area contributed by atoms with Crippen LogP contribution in [0, 0.1) is 5.82 Å². The van der Waals surface area contributed by atoms with Crippen molar-refractivity contribution in [2.45, 2.75) is 18.1 Å². The maximum absolute atomic E-state index is 12.5. The lowest BCUT2D eigenvalue weighted by atomic mass is 10.3. The monoisotopic (exact) mass is 216 g/mol. The van der Waals surface area contributed by atoms with Crippen molar-refractivity contribution in [2.24, 2.45) is 0 Å². The Morgan fingerprint density at radius 3 is 2.29 bits per heavy atom. The van der Waals surface area contributed by atoms with Gasteiger partial charge in [-0.1, -0.05) is 0 Å². The van der Waals surface area contributed by atoms with Gasteiger partial charge < -0.3 is 4.18 Å². The van der Waals surface area contributed by atoms with Gasteiger partial charge in [0.05, 0.1) is 5.25 Å².